The number of para-hydroxylation sites is 1. The Kier molecular flexibility index (Phi) is 7.85. The second-order valence-corrected chi connectivity index (χ2v) is 10.2. The molecular formula is C25H23ClF2N4O3S. The highest BCUT2D eigenvalue weighted by Crippen LogP contribution is 2.38. The summed E-state index contributed by atoms with van der Waals surface area (Å²) in [6.07, 6.45) is 3.85. The zero-order valence-corrected chi connectivity index (χ0v) is 20.8. The molecule has 1 unspecified atom stereocenters. The maximum Gasteiger partial charge on any atom is 0.264 e. The molecule has 1 atom stereocenters. The summed E-state index contributed by atoms with van der Waals surface area (Å²) in [5.41, 5.74) is 0.0721. The Morgan fingerprint density at radius 3 is 2.44 bits per heavy atom. The minimum atomic E-state index is -4.33. The third-order valence-corrected chi connectivity index (χ3v) is 7.67. The summed E-state index contributed by atoms with van der Waals surface area (Å²) >= 11 is 5.93. The highest BCUT2D eigenvalue weighted by molar-refractivity contribution is 7.92. The summed E-state index contributed by atoms with van der Waals surface area (Å²) in [7, 11) is -4.33. The van der Waals surface area contributed by atoms with Crippen molar-refractivity contribution in [2.45, 2.75) is 30.8 Å². The van der Waals surface area contributed by atoms with E-state index >= 15 is 0 Å². The fraction of sp³-hybridized carbons (Fsp3) is 0.200. The number of hydrogen-bond donors (Lipinski definition) is 0. The van der Waals surface area contributed by atoms with E-state index in [1.165, 1.54) is 24.3 Å². The van der Waals surface area contributed by atoms with Crippen LogP contribution in [0.3, 0.4) is 0 Å². The molecule has 0 spiro atoms. The van der Waals surface area contributed by atoms with E-state index in [1.807, 2.05) is 4.57 Å². The Bertz CT molecular complexity index is 1420. The molecule has 36 heavy (non-hydrogen) atoms. The van der Waals surface area contributed by atoms with Crippen molar-refractivity contribution in [1.29, 1.82) is 0 Å². The van der Waals surface area contributed by atoms with Crippen molar-refractivity contribution in [3.63, 3.8) is 0 Å². The van der Waals surface area contributed by atoms with Gasteiger partial charge in [-0.25, -0.2) is 17.2 Å². The summed E-state index contributed by atoms with van der Waals surface area (Å²) < 4.78 is 65.3. The predicted octanol–water partition coefficient (Wildman–Crippen LogP) is 5.64. The van der Waals surface area contributed by atoms with E-state index in [-0.39, 0.29) is 4.90 Å². The van der Waals surface area contributed by atoms with E-state index in [4.69, 9.17) is 16.3 Å². The number of benzene rings is 3. The number of halogens is 3. The molecule has 4 rings (SSSR count). The SMILES string of the molecule is CC(c1ccccc1OCCCn1cnnc1)N(c1cc(F)ccc1F)S(=O)(=O)c1ccc(Cl)cc1. The first-order chi connectivity index (χ1) is 17.3. The topological polar surface area (TPSA) is 77.3 Å². The van der Waals surface area contributed by atoms with E-state index in [0.29, 0.717) is 35.9 Å². The Morgan fingerprint density at radius 2 is 1.72 bits per heavy atom. The second-order valence-electron chi connectivity index (χ2n) is 7.97. The van der Waals surface area contributed by atoms with Gasteiger partial charge in [0.15, 0.2) is 0 Å². The molecule has 0 aliphatic carbocycles. The van der Waals surface area contributed by atoms with Gasteiger partial charge in [-0.05, 0) is 55.8 Å². The van der Waals surface area contributed by atoms with E-state index < -0.39 is 33.4 Å². The van der Waals surface area contributed by atoms with Crippen LogP contribution >= 0.6 is 11.6 Å². The summed E-state index contributed by atoms with van der Waals surface area (Å²) in [4.78, 5) is -0.116. The van der Waals surface area contributed by atoms with Crippen LogP contribution in [0.1, 0.15) is 24.9 Å². The standard InChI is InChI=1S/C25H23ClF2N4O3S/c1-18(22-5-2-3-6-25(22)35-14-4-13-31-16-29-30-17-31)32(24-15-20(27)9-12-23(24)28)36(33,34)21-10-7-19(26)8-11-21/h2-3,5-12,15-18H,4,13-14H2,1H3. The largest absolute Gasteiger partial charge is 0.493 e. The van der Waals surface area contributed by atoms with Crippen molar-refractivity contribution >= 4 is 27.3 Å². The van der Waals surface area contributed by atoms with Crippen molar-refractivity contribution in [3.8, 4) is 5.75 Å². The molecule has 3 aromatic carbocycles. The smallest absolute Gasteiger partial charge is 0.264 e. The van der Waals surface area contributed by atoms with E-state index in [1.54, 1.807) is 43.8 Å². The average Bonchev–Trinajstić information content (AvgIpc) is 3.38. The van der Waals surface area contributed by atoms with Gasteiger partial charge in [0.05, 0.1) is 23.2 Å². The van der Waals surface area contributed by atoms with Crippen LogP contribution in [0.2, 0.25) is 5.02 Å². The van der Waals surface area contributed by atoms with Crippen LogP contribution in [-0.4, -0.2) is 29.8 Å². The molecule has 0 N–H and O–H groups in total. The lowest BCUT2D eigenvalue weighted by Gasteiger charge is -2.32. The van der Waals surface area contributed by atoms with Crippen LogP contribution in [0.25, 0.3) is 0 Å². The molecular weight excluding hydrogens is 510 g/mol. The van der Waals surface area contributed by atoms with Gasteiger partial charge >= 0.3 is 0 Å². The van der Waals surface area contributed by atoms with E-state index in [9.17, 15) is 17.2 Å². The Morgan fingerprint density at radius 1 is 1.03 bits per heavy atom. The molecule has 1 heterocycles. The lowest BCUT2D eigenvalue weighted by molar-refractivity contribution is 0.297. The Hall–Kier alpha value is -3.50. The fourth-order valence-corrected chi connectivity index (χ4v) is 5.53. The van der Waals surface area contributed by atoms with Gasteiger partial charge in [0.1, 0.15) is 30.0 Å². The monoisotopic (exact) mass is 532 g/mol. The highest BCUT2D eigenvalue weighted by Gasteiger charge is 2.34. The van der Waals surface area contributed by atoms with Crippen LogP contribution in [0.4, 0.5) is 14.5 Å². The normalized spacial score (nSPS) is 12.3. The van der Waals surface area contributed by atoms with Crippen molar-refractivity contribution in [2.24, 2.45) is 0 Å². The van der Waals surface area contributed by atoms with Crippen LogP contribution in [0, 0.1) is 11.6 Å². The number of hydrogen-bond acceptors (Lipinski definition) is 5. The summed E-state index contributed by atoms with van der Waals surface area (Å²) in [5.74, 6) is -1.22. The van der Waals surface area contributed by atoms with Crippen molar-refractivity contribution in [2.75, 3.05) is 10.9 Å². The minimum Gasteiger partial charge on any atom is -0.493 e. The summed E-state index contributed by atoms with van der Waals surface area (Å²) in [6.45, 7) is 2.56. The lowest BCUT2D eigenvalue weighted by Crippen LogP contribution is -2.34. The van der Waals surface area contributed by atoms with Crippen molar-refractivity contribution in [3.05, 3.63) is 102 Å². The van der Waals surface area contributed by atoms with E-state index in [0.717, 1.165) is 22.5 Å². The van der Waals surface area contributed by atoms with Crippen LogP contribution in [0.15, 0.2) is 84.3 Å². The van der Waals surface area contributed by atoms with E-state index in [2.05, 4.69) is 10.2 Å². The average molecular weight is 533 g/mol. The molecule has 0 fully saturated rings. The minimum absolute atomic E-state index is 0.116. The van der Waals surface area contributed by atoms with Gasteiger partial charge in [0.25, 0.3) is 10.0 Å². The molecule has 0 bridgehead atoms. The first kappa shape index (κ1) is 25.6. The molecule has 4 aromatic rings. The second kappa shape index (κ2) is 11.0. The number of ether oxygens (including phenoxy) is 1. The summed E-state index contributed by atoms with van der Waals surface area (Å²) in [5, 5.41) is 7.85. The number of sulfonamides is 1. The maximum atomic E-state index is 15.0. The maximum absolute atomic E-state index is 15.0. The third-order valence-electron chi connectivity index (χ3n) is 5.52. The van der Waals surface area contributed by atoms with Gasteiger partial charge in [-0.15, -0.1) is 10.2 Å². The molecule has 0 radical (unpaired) electrons. The van der Waals surface area contributed by atoms with Crippen molar-refractivity contribution < 1.29 is 21.9 Å². The van der Waals surface area contributed by atoms with Gasteiger partial charge in [-0.2, -0.15) is 0 Å². The lowest BCUT2D eigenvalue weighted by atomic mass is 10.1. The number of rotatable bonds is 10. The third kappa shape index (κ3) is 5.66. The fourth-order valence-electron chi connectivity index (χ4n) is 3.77. The zero-order valence-electron chi connectivity index (χ0n) is 19.3. The molecule has 7 nitrogen and oxygen atoms in total. The van der Waals surface area contributed by atoms with Crippen LogP contribution in [-0.2, 0) is 16.6 Å². The molecule has 0 aliphatic heterocycles. The molecule has 188 valence electrons. The van der Waals surface area contributed by atoms with Gasteiger partial charge in [0.2, 0.25) is 0 Å². The van der Waals surface area contributed by atoms with Crippen LogP contribution < -0.4 is 9.04 Å². The van der Waals surface area contributed by atoms with Gasteiger partial charge in [0, 0.05) is 23.2 Å². The van der Waals surface area contributed by atoms with Gasteiger partial charge in [-0.3, -0.25) is 4.31 Å². The Labute approximate surface area is 213 Å². The predicted molar refractivity (Wildman–Crippen MR) is 132 cm³/mol. The molecule has 1 aromatic heterocycles. The van der Waals surface area contributed by atoms with Gasteiger partial charge in [-0.1, -0.05) is 29.8 Å². The zero-order chi connectivity index (χ0) is 25.7. The van der Waals surface area contributed by atoms with Crippen LogP contribution in [0.5, 0.6) is 5.75 Å². The number of aromatic nitrogens is 3. The molecule has 0 saturated carbocycles. The number of anilines is 1. The molecule has 0 amide bonds. The molecule has 11 heteroatoms. The Balaban J connectivity index is 1.70. The quantitative estimate of drug-likeness (QED) is 0.247. The molecule has 0 saturated heterocycles. The highest BCUT2D eigenvalue weighted by atomic mass is 35.5. The van der Waals surface area contributed by atoms with Crippen molar-refractivity contribution in [1.82, 2.24) is 14.8 Å². The molecule has 0 aliphatic rings. The number of aryl methyl sites for hydroxylation is 1. The van der Waals surface area contributed by atoms with Gasteiger partial charge < -0.3 is 9.30 Å². The summed E-state index contributed by atoms with van der Waals surface area (Å²) in [6, 6.07) is 14.1. The number of nitrogens with zero attached hydrogens (tertiary/aromatic N) is 4. The first-order valence-electron chi connectivity index (χ1n) is 11.1. The first-order valence-corrected chi connectivity index (χ1v) is 12.9.